The molecule has 0 bridgehead atoms. The molecule has 3 rings (SSSR count). The van der Waals surface area contributed by atoms with Crippen LogP contribution < -0.4 is 10.1 Å². The van der Waals surface area contributed by atoms with Crippen molar-refractivity contribution in [1.82, 2.24) is 14.8 Å². The van der Waals surface area contributed by atoms with Crippen LogP contribution in [0.25, 0.3) is 5.69 Å². The normalized spacial score (nSPS) is 11.7. The Morgan fingerprint density at radius 3 is 2.62 bits per heavy atom. The van der Waals surface area contributed by atoms with Gasteiger partial charge in [0.1, 0.15) is 17.3 Å². The number of ether oxygens (including phenoxy) is 1. The van der Waals surface area contributed by atoms with E-state index >= 15 is 0 Å². The van der Waals surface area contributed by atoms with E-state index in [-0.39, 0.29) is 17.3 Å². The van der Waals surface area contributed by atoms with Gasteiger partial charge in [-0.1, -0.05) is 30.0 Å². The number of methoxy groups -OCH3 is 1. The maximum absolute atomic E-state index is 12.7. The lowest BCUT2D eigenvalue weighted by molar-refractivity contribution is -0.384. The third kappa shape index (κ3) is 4.54. The van der Waals surface area contributed by atoms with Gasteiger partial charge in [0, 0.05) is 5.69 Å². The fraction of sp³-hybridized carbons (Fsp3) is 0.211. The van der Waals surface area contributed by atoms with Crippen molar-refractivity contribution >= 4 is 29.0 Å². The number of benzene rings is 2. The summed E-state index contributed by atoms with van der Waals surface area (Å²) in [6.07, 6.45) is 0. The largest absolute Gasteiger partial charge is 0.496 e. The van der Waals surface area contributed by atoms with Gasteiger partial charge in [0.2, 0.25) is 5.91 Å². The summed E-state index contributed by atoms with van der Waals surface area (Å²) in [6, 6.07) is 13.8. The standard InChI is InChI=1S/C19H19N5O4S/c1-12(18(25)20-16-10-9-15(28-3)11-17(16)24(26)27)29-19-22-21-13(2)23(19)14-7-5-4-6-8-14/h4-12H,1-3H3,(H,20,25)/t12-/m0/s1. The Balaban J connectivity index is 1.79. The van der Waals surface area contributed by atoms with E-state index in [1.54, 1.807) is 13.0 Å². The first-order valence-electron chi connectivity index (χ1n) is 8.68. The van der Waals surface area contributed by atoms with Crippen LogP contribution in [-0.4, -0.2) is 38.0 Å². The molecule has 29 heavy (non-hydrogen) atoms. The van der Waals surface area contributed by atoms with Crippen LogP contribution in [0.2, 0.25) is 0 Å². The van der Waals surface area contributed by atoms with Gasteiger partial charge in [-0.2, -0.15) is 0 Å². The summed E-state index contributed by atoms with van der Waals surface area (Å²) in [4.78, 5) is 23.4. The number of nitro groups is 1. The number of amides is 1. The number of hydrogen-bond acceptors (Lipinski definition) is 7. The Hall–Kier alpha value is -3.40. The van der Waals surface area contributed by atoms with E-state index in [0.29, 0.717) is 16.7 Å². The Morgan fingerprint density at radius 2 is 1.97 bits per heavy atom. The summed E-state index contributed by atoms with van der Waals surface area (Å²) < 4.78 is 6.86. The molecular weight excluding hydrogens is 394 g/mol. The maximum atomic E-state index is 12.7. The van der Waals surface area contributed by atoms with Gasteiger partial charge in [-0.25, -0.2) is 0 Å². The third-order valence-corrected chi connectivity index (χ3v) is 5.16. The molecule has 1 heterocycles. The number of carbonyl (C=O) groups is 1. The molecule has 0 fully saturated rings. The number of aryl methyl sites for hydroxylation is 1. The monoisotopic (exact) mass is 413 g/mol. The Kier molecular flexibility index (Phi) is 6.13. The van der Waals surface area contributed by atoms with Crippen molar-refractivity contribution < 1.29 is 14.5 Å². The SMILES string of the molecule is COc1ccc(NC(=O)[C@H](C)Sc2nnc(C)n2-c2ccccc2)c([N+](=O)[O-])c1. The Morgan fingerprint density at radius 1 is 1.24 bits per heavy atom. The van der Waals surface area contributed by atoms with Gasteiger partial charge in [0.15, 0.2) is 5.16 Å². The maximum Gasteiger partial charge on any atom is 0.296 e. The van der Waals surface area contributed by atoms with Crippen LogP contribution in [0.15, 0.2) is 53.7 Å². The van der Waals surface area contributed by atoms with Gasteiger partial charge in [-0.3, -0.25) is 19.5 Å². The number of hydrogen-bond donors (Lipinski definition) is 1. The molecule has 150 valence electrons. The van der Waals surface area contributed by atoms with Crippen molar-refractivity contribution in [3.8, 4) is 11.4 Å². The molecule has 0 saturated heterocycles. The number of aromatic nitrogens is 3. The lowest BCUT2D eigenvalue weighted by Crippen LogP contribution is -2.23. The number of nitrogens with zero attached hydrogens (tertiary/aromatic N) is 4. The topological polar surface area (TPSA) is 112 Å². The summed E-state index contributed by atoms with van der Waals surface area (Å²) in [5.41, 5.74) is 0.753. The number of thioether (sulfide) groups is 1. The molecule has 3 aromatic rings. The molecule has 0 aliphatic heterocycles. The lowest BCUT2D eigenvalue weighted by atomic mass is 10.2. The first-order valence-corrected chi connectivity index (χ1v) is 9.56. The van der Waals surface area contributed by atoms with E-state index in [1.165, 1.54) is 31.0 Å². The predicted octanol–water partition coefficient (Wildman–Crippen LogP) is 3.61. The molecule has 9 nitrogen and oxygen atoms in total. The summed E-state index contributed by atoms with van der Waals surface area (Å²) in [7, 11) is 1.42. The lowest BCUT2D eigenvalue weighted by Gasteiger charge is -2.13. The van der Waals surface area contributed by atoms with E-state index in [2.05, 4.69) is 15.5 Å². The number of rotatable bonds is 7. The molecule has 0 radical (unpaired) electrons. The molecule has 0 aliphatic rings. The van der Waals surface area contributed by atoms with E-state index < -0.39 is 10.2 Å². The molecule has 0 aliphatic carbocycles. The van der Waals surface area contributed by atoms with Gasteiger partial charge in [-0.05, 0) is 38.1 Å². The number of nitro benzene ring substituents is 1. The third-order valence-electron chi connectivity index (χ3n) is 4.12. The summed E-state index contributed by atoms with van der Waals surface area (Å²) in [5, 5.41) is 22.2. The molecule has 1 aromatic heterocycles. The molecule has 0 spiro atoms. The first-order chi connectivity index (χ1) is 13.9. The molecule has 10 heteroatoms. The van der Waals surface area contributed by atoms with E-state index in [0.717, 1.165) is 5.69 Å². The highest BCUT2D eigenvalue weighted by atomic mass is 32.2. The van der Waals surface area contributed by atoms with Crippen LogP contribution in [-0.2, 0) is 4.79 Å². The van der Waals surface area contributed by atoms with Crippen molar-refractivity contribution in [1.29, 1.82) is 0 Å². The highest BCUT2D eigenvalue weighted by Crippen LogP contribution is 2.31. The van der Waals surface area contributed by atoms with Crippen LogP contribution in [0.5, 0.6) is 5.75 Å². The highest BCUT2D eigenvalue weighted by molar-refractivity contribution is 8.00. The smallest absolute Gasteiger partial charge is 0.296 e. The zero-order valence-electron chi connectivity index (χ0n) is 16.0. The van der Waals surface area contributed by atoms with Crippen molar-refractivity contribution in [2.45, 2.75) is 24.3 Å². The van der Waals surface area contributed by atoms with E-state index in [9.17, 15) is 14.9 Å². The molecular formula is C19H19N5O4S. The van der Waals surface area contributed by atoms with E-state index in [1.807, 2.05) is 41.8 Å². The van der Waals surface area contributed by atoms with Gasteiger partial charge in [0.25, 0.3) is 5.69 Å². The average Bonchev–Trinajstić information content (AvgIpc) is 3.08. The van der Waals surface area contributed by atoms with Crippen LogP contribution in [0, 0.1) is 17.0 Å². The minimum Gasteiger partial charge on any atom is -0.496 e. The first kappa shape index (κ1) is 20.3. The second kappa shape index (κ2) is 8.74. The Labute approximate surface area is 171 Å². The predicted molar refractivity (Wildman–Crippen MR) is 110 cm³/mol. The molecule has 1 amide bonds. The summed E-state index contributed by atoms with van der Waals surface area (Å²) >= 11 is 1.22. The molecule has 1 N–H and O–H groups in total. The highest BCUT2D eigenvalue weighted by Gasteiger charge is 2.23. The number of carbonyl (C=O) groups excluding carboxylic acids is 1. The fourth-order valence-electron chi connectivity index (χ4n) is 2.63. The number of para-hydroxylation sites is 1. The minimum atomic E-state index is -0.567. The van der Waals surface area contributed by atoms with Crippen LogP contribution in [0.3, 0.4) is 0 Å². The molecule has 0 saturated carbocycles. The van der Waals surface area contributed by atoms with Gasteiger partial charge < -0.3 is 10.1 Å². The molecule has 0 unspecified atom stereocenters. The molecule has 2 aromatic carbocycles. The van der Waals surface area contributed by atoms with Gasteiger partial charge in [-0.15, -0.1) is 10.2 Å². The van der Waals surface area contributed by atoms with Crippen molar-refractivity contribution in [3.63, 3.8) is 0 Å². The average molecular weight is 413 g/mol. The minimum absolute atomic E-state index is 0.106. The van der Waals surface area contributed by atoms with Crippen molar-refractivity contribution in [2.75, 3.05) is 12.4 Å². The van der Waals surface area contributed by atoms with Gasteiger partial charge in [0.05, 0.1) is 23.3 Å². The number of anilines is 1. The van der Waals surface area contributed by atoms with Crippen molar-refractivity contribution in [2.24, 2.45) is 0 Å². The quantitative estimate of drug-likeness (QED) is 0.358. The van der Waals surface area contributed by atoms with Crippen LogP contribution in [0.1, 0.15) is 12.7 Å². The van der Waals surface area contributed by atoms with E-state index in [4.69, 9.17) is 4.74 Å². The zero-order valence-corrected chi connectivity index (χ0v) is 16.8. The fourth-order valence-corrected chi connectivity index (χ4v) is 3.55. The number of nitrogens with one attached hydrogen (secondary N) is 1. The molecule has 1 atom stereocenters. The van der Waals surface area contributed by atoms with Crippen LogP contribution in [0.4, 0.5) is 11.4 Å². The second-order valence-corrected chi connectivity index (χ2v) is 7.40. The van der Waals surface area contributed by atoms with Crippen molar-refractivity contribution in [3.05, 3.63) is 64.5 Å². The Bertz CT molecular complexity index is 1040. The van der Waals surface area contributed by atoms with Crippen LogP contribution >= 0.6 is 11.8 Å². The van der Waals surface area contributed by atoms with Gasteiger partial charge >= 0.3 is 0 Å². The second-order valence-electron chi connectivity index (χ2n) is 6.09. The summed E-state index contributed by atoms with van der Waals surface area (Å²) in [5.74, 6) is 0.643. The summed E-state index contributed by atoms with van der Waals surface area (Å²) in [6.45, 7) is 3.53. The zero-order chi connectivity index (χ0) is 21.0.